The van der Waals surface area contributed by atoms with Crippen molar-refractivity contribution in [2.24, 2.45) is 0 Å². The van der Waals surface area contributed by atoms with E-state index in [-0.39, 0.29) is 5.78 Å². The molecule has 0 fully saturated rings. The van der Waals surface area contributed by atoms with Gasteiger partial charge in [-0.05, 0) is 23.8 Å². The van der Waals surface area contributed by atoms with Gasteiger partial charge in [0, 0.05) is 12.0 Å². The number of rotatable bonds is 4. The van der Waals surface area contributed by atoms with Crippen molar-refractivity contribution in [2.45, 2.75) is 6.42 Å². The number of benzene rings is 1. The van der Waals surface area contributed by atoms with Crippen molar-refractivity contribution in [2.75, 3.05) is 7.11 Å². The molecule has 0 saturated heterocycles. The van der Waals surface area contributed by atoms with Crippen LogP contribution < -0.4 is 4.74 Å². The number of hydrogen-bond acceptors (Lipinski definition) is 3. The van der Waals surface area contributed by atoms with E-state index in [0.717, 1.165) is 5.56 Å². The lowest BCUT2D eigenvalue weighted by molar-refractivity contribution is 0.0992. The molecular weight excluding hydrogens is 204 g/mol. The molecule has 2 rings (SSSR count). The third kappa shape index (κ3) is 2.31. The summed E-state index contributed by atoms with van der Waals surface area (Å²) in [6.45, 7) is 0. The maximum atomic E-state index is 11.9. The maximum Gasteiger partial charge on any atom is 0.167 e. The van der Waals surface area contributed by atoms with Crippen LogP contribution in [0.3, 0.4) is 0 Å². The fourth-order valence-electron chi connectivity index (χ4n) is 1.48. The molecular formula is C13H12O3. The summed E-state index contributed by atoms with van der Waals surface area (Å²) in [5, 5.41) is 0. The van der Waals surface area contributed by atoms with Crippen molar-refractivity contribution in [3.63, 3.8) is 0 Å². The fourth-order valence-corrected chi connectivity index (χ4v) is 1.48. The average molecular weight is 216 g/mol. The van der Waals surface area contributed by atoms with Gasteiger partial charge in [0.25, 0.3) is 0 Å². The van der Waals surface area contributed by atoms with Crippen LogP contribution in [0.2, 0.25) is 0 Å². The molecule has 0 spiro atoms. The van der Waals surface area contributed by atoms with Crippen molar-refractivity contribution in [3.8, 4) is 5.75 Å². The van der Waals surface area contributed by atoms with Crippen LogP contribution in [0.5, 0.6) is 5.75 Å². The maximum absolute atomic E-state index is 11.9. The molecule has 1 aromatic heterocycles. The minimum absolute atomic E-state index is 0.0558. The summed E-state index contributed by atoms with van der Waals surface area (Å²) in [5.74, 6) is 0.748. The van der Waals surface area contributed by atoms with Gasteiger partial charge in [0.2, 0.25) is 0 Å². The number of carbonyl (C=O) groups is 1. The lowest BCUT2D eigenvalue weighted by Crippen LogP contribution is -2.02. The second-order valence-corrected chi connectivity index (χ2v) is 3.46. The monoisotopic (exact) mass is 216 g/mol. The Hall–Kier alpha value is -2.03. The van der Waals surface area contributed by atoms with Crippen LogP contribution in [-0.4, -0.2) is 12.9 Å². The molecule has 3 heteroatoms. The molecule has 0 atom stereocenters. The zero-order valence-corrected chi connectivity index (χ0v) is 8.97. The van der Waals surface area contributed by atoms with Crippen LogP contribution >= 0.6 is 0 Å². The minimum atomic E-state index is 0.0558. The Morgan fingerprint density at radius 2 is 2.25 bits per heavy atom. The zero-order valence-electron chi connectivity index (χ0n) is 8.97. The number of hydrogen-bond donors (Lipinski definition) is 0. The number of carbonyl (C=O) groups excluding carboxylic acids is 1. The van der Waals surface area contributed by atoms with E-state index in [1.807, 2.05) is 6.07 Å². The Balaban J connectivity index is 2.14. The van der Waals surface area contributed by atoms with Gasteiger partial charge in [0.1, 0.15) is 5.75 Å². The third-order valence-corrected chi connectivity index (χ3v) is 2.34. The summed E-state index contributed by atoms with van der Waals surface area (Å²) >= 11 is 0. The molecule has 0 N–H and O–H groups in total. The molecule has 82 valence electrons. The van der Waals surface area contributed by atoms with Crippen LogP contribution in [0.15, 0.2) is 47.3 Å². The first-order valence-corrected chi connectivity index (χ1v) is 4.98. The molecule has 0 unspecified atom stereocenters. The van der Waals surface area contributed by atoms with Crippen molar-refractivity contribution in [1.82, 2.24) is 0 Å². The standard InChI is InChI=1S/C13H12O3/c1-15-12-4-2-3-11(8-12)13(14)7-10-5-6-16-9-10/h2-6,8-9H,7H2,1H3. The minimum Gasteiger partial charge on any atom is -0.497 e. The Labute approximate surface area is 93.7 Å². The number of ketones is 1. The highest BCUT2D eigenvalue weighted by Crippen LogP contribution is 2.15. The van der Waals surface area contributed by atoms with Crippen molar-refractivity contribution in [1.29, 1.82) is 0 Å². The van der Waals surface area contributed by atoms with Crippen LogP contribution in [0, 0.1) is 0 Å². The van der Waals surface area contributed by atoms with Gasteiger partial charge in [-0.25, -0.2) is 0 Å². The molecule has 0 aliphatic rings. The highest BCUT2D eigenvalue weighted by Gasteiger charge is 2.08. The van der Waals surface area contributed by atoms with Crippen LogP contribution in [0.4, 0.5) is 0 Å². The molecule has 0 aliphatic carbocycles. The van der Waals surface area contributed by atoms with Crippen LogP contribution in [-0.2, 0) is 6.42 Å². The van der Waals surface area contributed by atoms with E-state index in [1.165, 1.54) is 0 Å². The van der Waals surface area contributed by atoms with Crippen molar-refractivity contribution >= 4 is 5.78 Å². The van der Waals surface area contributed by atoms with E-state index in [2.05, 4.69) is 0 Å². The highest BCUT2D eigenvalue weighted by atomic mass is 16.5. The van der Waals surface area contributed by atoms with Gasteiger partial charge in [-0.15, -0.1) is 0 Å². The predicted octanol–water partition coefficient (Wildman–Crippen LogP) is 2.71. The Morgan fingerprint density at radius 1 is 1.38 bits per heavy atom. The van der Waals surface area contributed by atoms with Crippen LogP contribution in [0.1, 0.15) is 15.9 Å². The van der Waals surface area contributed by atoms with E-state index < -0.39 is 0 Å². The first-order chi connectivity index (χ1) is 7.79. The summed E-state index contributed by atoms with van der Waals surface area (Å²) < 4.78 is 9.99. The second kappa shape index (κ2) is 4.66. The van der Waals surface area contributed by atoms with Gasteiger partial charge >= 0.3 is 0 Å². The second-order valence-electron chi connectivity index (χ2n) is 3.46. The molecule has 0 radical (unpaired) electrons. The topological polar surface area (TPSA) is 39.4 Å². The normalized spacial score (nSPS) is 10.1. The molecule has 3 nitrogen and oxygen atoms in total. The van der Waals surface area contributed by atoms with Crippen molar-refractivity contribution in [3.05, 3.63) is 54.0 Å². The number of methoxy groups -OCH3 is 1. The summed E-state index contributed by atoms with van der Waals surface area (Å²) in [4.78, 5) is 11.9. The highest BCUT2D eigenvalue weighted by molar-refractivity contribution is 5.97. The molecule has 1 heterocycles. The van der Waals surface area contributed by atoms with E-state index in [9.17, 15) is 4.79 Å². The third-order valence-electron chi connectivity index (χ3n) is 2.34. The van der Waals surface area contributed by atoms with Gasteiger partial charge < -0.3 is 9.15 Å². The molecule has 0 saturated carbocycles. The van der Waals surface area contributed by atoms with E-state index >= 15 is 0 Å². The molecule has 2 aromatic rings. The SMILES string of the molecule is COc1cccc(C(=O)Cc2ccoc2)c1. The molecule has 0 bridgehead atoms. The Kier molecular flexibility index (Phi) is 3.05. The first kappa shape index (κ1) is 10.5. The Morgan fingerprint density at radius 3 is 2.94 bits per heavy atom. The van der Waals surface area contributed by atoms with Gasteiger partial charge in [0.05, 0.1) is 19.6 Å². The summed E-state index contributed by atoms with van der Waals surface area (Å²) in [6, 6.07) is 8.93. The van der Waals surface area contributed by atoms with Gasteiger partial charge in [-0.2, -0.15) is 0 Å². The predicted molar refractivity (Wildman–Crippen MR) is 59.7 cm³/mol. The first-order valence-electron chi connectivity index (χ1n) is 4.98. The summed E-state index contributed by atoms with van der Waals surface area (Å²) in [7, 11) is 1.58. The zero-order chi connectivity index (χ0) is 11.4. The average Bonchev–Trinajstić information content (AvgIpc) is 2.82. The van der Waals surface area contributed by atoms with E-state index in [4.69, 9.17) is 9.15 Å². The largest absolute Gasteiger partial charge is 0.497 e. The summed E-state index contributed by atoms with van der Waals surface area (Å²) in [5.41, 5.74) is 1.54. The van der Waals surface area contributed by atoms with Gasteiger partial charge in [-0.1, -0.05) is 12.1 Å². The van der Waals surface area contributed by atoms with E-state index in [1.54, 1.807) is 43.9 Å². The molecule has 0 amide bonds. The van der Waals surface area contributed by atoms with E-state index in [0.29, 0.717) is 17.7 Å². The smallest absolute Gasteiger partial charge is 0.167 e. The van der Waals surface area contributed by atoms with Gasteiger partial charge in [-0.3, -0.25) is 4.79 Å². The lowest BCUT2D eigenvalue weighted by Gasteiger charge is -2.02. The number of Topliss-reactive ketones (excluding diaryl/α,β-unsaturated/α-hetero) is 1. The quantitative estimate of drug-likeness (QED) is 0.737. The Bertz CT molecular complexity index is 472. The van der Waals surface area contributed by atoms with Crippen molar-refractivity contribution < 1.29 is 13.9 Å². The molecule has 16 heavy (non-hydrogen) atoms. The number of furan rings is 1. The summed E-state index contributed by atoms with van der Waals surface area (Å²) in [6.07, 6.45) is 3.50. The van der Waals surface area contributed by atoms with Crippen LogP contribution in [0.25, 0.3) is 0 Å². The molecule has 1 aromatic carbocycles. The molecule has 0 aliphatic heterocycles. The lowest BCUT2D eigenvalue weighted by atomic mass is 10.1. The fraction of sp³-hybridized carbons (Fsp3) is 0.154. The van der Waals surface area contributed by atoms with Gasteiger partial charge in [0.15, 0.2) is 5.78 Å². The number of ether oxygens (including phenoxy) is 1.